The van der Waals surface area contributed by atoms with Crippen LogP contribution in [0.15, 0.2) is 35.4 Å². The molecule has 0 atom stereocenters. The molecule has 1 aliphatic rings. The van der Waals surface area contributed by atoms with Crippen LogP contribution in [0.4, 0.5) is 0 Å². The molecule has 3 nitrogen and oxygen atoms in total. The van der Waals surface area contributed by atoms with E-state index in [0.29, 0.717) is 6.54 Å². The van der Waals surface area contributed by atoms with Crippen LogP contribution in [-0.2, 0) is 19.4 Å². The number of fused-ring (bicyclic) bond motifs is 3. The van der Waals surface area contributed by atoms with Gasteiger partial charge in [-0.2, -0.15) is 0 Å². The quantitative estimate of drug-likeness (QED) is 0.723. The highest BCUT2D eigenvalue weighted by molar-refractivity contribution is 7.18. The van der Waals surface area contributed by atoms with Crippen molar-refractivity contribution >= 4 is 21.6 Å². The number of rotatable bonds is 2. The number of thiophene rings is 1. The molecule has 112 valence electrons. The SMILES string of the molecule is Cc1cccc(Cn2cnc3sc4c(c3c2=O)CCCC4)c1. The third-order valence-electron chi connectivity index (χ3n) is 4.38. The van der Waals surface area contributed by atoms with Crippen molar-refractivity contribution in [2.75, 3.05) is 0 Å². The molecule has 4 rings (SSSR count). The maximum absolute atomic E-state index is 12.9. The van der Waals surface area contributed by atoms with Crippen LogP contribution in [0.1, 0.15) is 34.4 Å². The largest absolute Gasteiger partial charge is 0.294 e. The molecular formula is C18H18N2OS. The molecule has 0 fully saturated rings. The fourth-order valence-electron chi connectivity index (χ4n) is 3.30. The fraction of sp³-hybridized carbons (Fsp3) is 0.333. The molecule has 0 saturated heterocycles. The maximum Gasteiger partial charge on any atom is 0.262 e. The zero-order valence-corrected chi connectivity index (χ0v) is 13.4. The number of hydrogen-bond acceptors (Lipinski definition) is 3. The monoisotopic (exact) mass is 310 g/mol. The second-order valence-corrected chi connectivity index (χ2v) is 7.14. The molecule has 0 spiro atoms. The summed E-state index contributed by atoms with van der Waals surface area (Å²) in [7, 11) is 0. The molecule has 2 aromatic heterocycles. The zero-order valence-electron chi connectivity index (χ0n) is 12.6. The van der Waals surface area contributed by atoms with Gasteiger partial charge in [-0.3, -0.25) is 9.36 Å². The van der Waals surface area contributed by atoms with E-state index in [1.54, 1.807) is 22.2 Å². The van der Waals surface area contributed by atoms with Crippen molar-refractivity contribution in [1.29, 1.82) is 0 Å². The smallest absolute Gasteiger partial charge is 0.262 e. The second kappa shape index (κ2) is 5.36. The summed E-state index contributed by atoms with van der Waals surface area (Å²) >= 11 is 1.71. The Hall–Kier alpha value is -1.94. The topological polar surface area (TPSA) is 34.9 Å². The minimum atomic E-state index is 0.117. The van der Waals surface area contributed by atoms with Crippen LogP contribution in [-0.4, -0.2) is 9.55 Å². The van der Waals surface area contributed by atoms with Crippen LogP contribution in [0.25, 0.3) is 10.2 Å². The van der Waals surface area contributed by atoms with Gasteiger partial charge in [0.25, 0.3) is 5.56 Å². The van der Waals surface area contributed by atoms with Gasteiger partial charge in [-0.05, 0) is 43.7 Å². The molecule has 0 unspecified atom stereocenters. The van der Waals surface area contributed by atoms with Crippen LogP contribution in [0.3, 0.4) is 0 Å². The van der Waals surface area contributed by atoms with E-state index in [-0.39, 0.29) is 5.56 Å². The minimum absolute atomic E-state index is 0.117. The summed E-state index contributed by atoms with van der Waals surface area (Å²) < 4.78 is 1.75. The van der Waals surface area contributed by atoms with Crippen LogP contribution in [0.5, 0.6) is 0 Å². The van der Waals surface area contributed by atoms with E-state index in [0.717, 1.165) is 28.6 Å². The lowest BCUT2D eigenvalue weighted by Gasteiger charge is -2.10. The van der Waals surface area contributed by atoms with E-state index in [1.165, 1.54) is 28.8 Å². The van der Waals surface area contributed by atoms with E-state index in [9.17, 15) is 4.79 Å². The van der Waals surface area contributed by atoms with Crippen molar-refractivity contribution in [2.45, 2.75) is 39.2 Å². The normalized spacial score (nSPS) is 14.2. The van der Waals surface area contributed by atoms with Gasteiger partial charge < -0.3 is 0 Å². The highest BCUT2D eigenvalue weighted by Gasteiger charge is 2.19. The maximum atomic E-state index is 12.9. The van der Waals surface area contributed by atoms with Gasteiger partial charge in [0, 0.05) is 4.88 Å². The van der Waals surface area contributed by atoms with E-state index < -0.39 is 0 Å². The first-order valence-corrected chi connectivity index (χ1v) is 8.59. The predicted molar refractivity (Wildman–Crippen MR) is 90.8 cm³/mol. The Bertz CT molecular complexity index is 907. The van der Waals surface area contributed by atoms with Gasteiger partial charge in [-0.1, -0.05) is 29.8 Å². The molecule has 1 aromatic carbocycles. The van der Waals surface area contributed by atoms with Crippen LogP contribution in [0.2, 0.25) is 0 Å². The highest BCUT2D eigenvalue weighted by Crippen LogP contribution is 2.33. The van der Waals surface area contributed by atoms with Crippen molar-refractivity contribution < 1.29 is 0 Å². The molecule has 0 saturated carbocycles. The Morgan fingerprint density at radius 1 is 1.27 bits per heavy atom. The standard InChI is InChI=1S/C18H18N2OS/c1-12-5-4-6-13(9-12)10-20-11-19-17-16(18(20)21)14-7-2-3-8-15(14)22-17/h4-6,9,11H,2-3,7-8,10H2,1H3. The Balaban J connectivity index is 1.82. The number of hydrogen-bond donors (Lipinski definition) is 0. The minimum Gasteiger partial charge on any atom is -0.294 e. The predicted octanol–water partition coefficient (Wildman–Crippen LogP) is 3.69. The van der Waals surface area contributed by atoms with Gasteiger partial charge in [0.1, 0.15) is 4.83 Å². The fourth-order valence-corrected chi connectivity index (χ4v) is 4.52. The first-order chi connectivity index (χ1) is 10.7. The summed E-state index contributed by atoms with van der Waals surface area (Å²) in [5, 5.41) is 0.870. The molecule has 0 radical (unpaired) electrons. The van der Waals surface area contributed by atoms with E-state index in [1.807, 2.05) is 6.07 Å². The first kappa shape index (κ1) is 13.7. The molecule has 2 heterocycles. The lowest BCUT2D eigenvalue weighted by molar-refractivity contribution is 0.697. The molecule has 0 bridgehead atoms. The lowest BCUT2D eigenvalue weighted by Crippen LogP contribution is -2.21. The number of benzene rings is 1. The van der Waals surface area contributed by atoms with E-state index in [2.05, 4.69) is 30.1 Å². The Morgan fingerprint density at radius 2 is 2.14 bits per heavy atom. The second-order valence-electron chi connectivity index (χ2n) is 6.06. The van der Waals surface area contributed by atoms with E-state index >= 15 is 0 Å². The molecule has 1 aliphatic carbocycles. The first-order valence-electron chi connectivity index (χ1n) is 7.77. The Morgan fingerprint density at radius 3 is 3.00 bits per heavy atom. The summed E-state index contributed by atoms with van der Waals surface area (Å²) in [5.41, 5.74) is 3.74. The molecule has 4 heteroatoms. The average Bonchev–Trinajstić information content (AvgIpc) is 2.89. The summed E-state index contributed by atoms with van der Waals surface area (Å²) in [5.74, 6) is 0. The summed E-state index contributed by atoms with van der Waals surface area (Å²) in [6, 6.07) is 8.30. The van der Waals surface area contributed by atoms with Gasteiger partial charge in [-0.15, -0.1) is 11.3 Å². The van der Waals surface area contributed by atoms with Crippen LogP contribution in [0, 0.1) is 6.92 Å². The molecule has 0 N–H and O–H groups in total. The third-order valence-corrected chi connectivity index (χ3v) is 5.58. The van der Waals surface area contributed by atoms with Crippen LogP contribution >= 0.6 is 11.3 Å². The van der Waals surface area contributed by atoms with E-state index in [4.69, 9.17) is 0 Å². The van der Waals surface area contributed by atoms with Crippen molar-refractivity contribution in [3.05, 3.63) is 62.5 Å². The number of aryl methyl sites for hydroxylation is 3. The van der Waals surface area contributed by atoms with Crippen molar-refractivity contribution in [2.24, 2.45) is 0 Å². The Labute approximate surface area is 133 Å². The highest BCUT2D eigenvalue weighted by atomic mass is 32.1. The Kier molecular flexibility index (Phi) is 3.34. The summed E-state index contributed by atoms with van der Waals surface area (Å²) in [4.78, 5) is 19.7. The summed E-state index contributed by atoms with van der Waals surface area (Å²) in [6.45, 7) is 2.66. The molecular weight excluding hydrogens is 292 g/mol. The van der Waals surface area contributed by atoms with Gasteiger partial charge in [0.05, 0.1) is 18.3 Å². The number of nitrogens with zero attached hydrogens (tertiary/aromatic N) is 2. The van der Waals surface area contributed by atoms with Gasteiger partial charge >= 0.3 is 0 Å². The molecule has 0 amide bonds. The van der Waals surface area contributed by atoms with Crippen molar-refractivity contribution in [3.8, 4) is 0 Å². The zero-order chi connectivity index (χ0) is 15.1. The molecule has 0 aliphatic heterocycles. The number of aromatic nitrogens is 2. The van der Waals surface area contributed by atoms with Gasteiger partial charge in [0.15, 0.2) is 0 Å². The van der Waals surface area contributed by atoms with Crippen molar-refractivity contribution in [3.63, 3.8) is 0 Å². The molecule has 3 aromatic rings. The van der Waals surface area contributed by atoms with Gasteiger partial charge in [-0.25, -0.2) is 4.98 Å². The average molecular weight is 310 g/mol. The third kappa shape index (κ3) is 2.28. The lowest BCUT2D eigenvalue weighted by atomic mass is 9.97. The molecule has 22 heavy (non-hydrogen) atoms. The van der Waals surface area contributed by atoms with Crippen molar-refractivity contribution in [1.82, 2.24) is 9.55 Å². The van der Waals surface area contributed by atoms with Crippen LogP contribution < -0.4 is 5.56 Å². The summed E-state index contributed by atoms with van der Waals surface area (Å²) in [6.07, 6.45) is 6.26. The van der Waals surface area contributed by atoms with Gasteiger partial charge in [0.2, 0.25) is 0 Å².